The molecule has 0 radical (unpaired) electrons. The highest BCUT2D eigenvalue weighted by Gasteiger charge is 2.49. The molecular weight excluding hydrogens is 377 g/mol. The molecule has 0 aliphatic rings. The van der Waals surface area contributed by atoms with Crippen LogP contribution in [0.15, 0.2) is 24.3 Å². The van der Waals surface area contributed by atoms with Crippen LogP contribution in [0.5, 0.6) is 0 Å². The number of aryl methyl sites for hydroxylation is 1. The molecule has 0 saturated heterocycles. The molecule has 0 amide bonds. The van der Waals surface area contributed by atoms with Crippen molar-refractivity contribution in [2.45, 2.75) is 44.2 Å². The predicted molar refractivity (Wildman–Crippen MR) is 81.3 cm³/mol. The van der Waals surface area contributed by atoms with E-state index in [1.54, 1.807) is 6.07 Å². The molecule has 0 aromatic carbocycles. The minimum Gasteiger partial charge on any atom is -0.206 e. The molecule has 0 bridgehead atoms. The van der Waals surface area contributed by atoms with Gasteiger partial charge in [-0.25, -0.2) is 17.6 Å². The van der Waals surface area contributed by atoms with Crippen LogP contribution in [0.1, 0.15) is 22.6 Å². The van der Waals surface area contributed by atoms with Crippen molar-refractivity contribution >= 4 is 22.7 Å². The van der Waals surface area contributed by atoms with Crippen molar-refractivity contribution in [2.24, 2.45) is 0 Å². The molecule has 0 aliphatic heterocycles. The van der Waals surface area contributed by atoms with Gasteiger partial charge in [-0.2, -0.15) is 13.2 Å². The van der Waals surface area contributed by atoms with E-state index in [-0.39, 0.29) is 4.88 Å². The molecule has 2 aromatic heterocycles. The van der Waals surface area contributed by atoms with E-state index in [4.69, 9.17) is 0 Å². The number of hydrogen-bond acceptors (Lipinski definition) is 2. The molecule has 0 unspecified atom stereocenters. The molecule has 0 saturated carbocycles. The van der Waals surface area contributed by atoms with Gasteiger partial charge in [-0.1, -0.05) is 0 Å². The standard InChI is InChI=1S/C15H13F7S2/c1-9-2-4-11(23-9)12-5-3-10(24-12)6-13(16,17)7-14(18,19)8-15(20,21)22/h2-5H,6-8H2,1H3. The van der Waals surface area contributed by atoms with E-state index in [9.17, 15) is 30.7 Å². The molecule has 0 atom stereocenters. The summed E-state index contributed by atoms with van der Waals surface area (Å²) < 4.78 is 90.0. The van der Waals surface area contributed by atoms with Crippen molar-refractivity contribution in [3.8, 4) is 9.75 Å². The Kier molecular flexibility index (Phi) is 5.34. The first-order valence-corrected chi connectivity index (χ1v) is 8.47. The van der Waals surface area contributed by atoms with E-state index in [2.05, 4.69) is 0 Å². The van der Waals surface area contributed by atoms with Crippen LogP contribution in [-0.2, 0) is 6.42 Å². The zero-order valence-electron chi connectivity index (χ0n) is 12.4. The van der Waals surface area contributed by atoms with E-state index in [1.165, 1.54) is 17.4 Å². The van der Waals surface area contributed by atoms with Crippen LogP contribution >= 0.6 is 22.7 Å². The first kappa shape index (κ1) is 19.2. The average molecular weight is 390 g/mol. The van der Waals surface area contributed by atoms with Crippen molar-refractivity contribution in [1.82, 2.24) is 0 Å². The fourth-order valence-electron chi connectivity index (χ4n) is 2.22. The van der Waals surface area contributed by atoms with Crippen molar-refractivity contribution in [2.75, 3.05) is 0 Å². The average Bonchev–Trinajstić information content (AvgIpc) is 2.92. The molecule has 2 heterocycles. The van der Waals surface area contributed by atoms with Crippen LogP contribution < -0.4 is 0 Å². The topological polar surface area (TPSA) is 0 Å². The lowest BCUT2D eigenvalue weighted by atomic mass is 10.0. The Morgan fingerprint density at radius 3 is 1.88 bits per heavy atom. The maximum absolute atomic E-state index is 13.8. The summed E-state index contributed by atoms with van der Waals surface area (Å²) in [7, 11) is 0. The second kappa shape index (κ2) is 6.67. The summed E-state index contributed by atoms with van der Waals surface area (Å²) in [5, 5.41) is 0. The smallest absolute Gasteiger partial charge is 0.206 e. The van der Waals surface area contributed by atoms with Crippen LogP contribution in [0, 0.1) is 6.92 Å². The lowest BCUT2D eigenvalue weighted by molar-refractivity contribution is -0.205. The first-order valence-electron chi connectivity index (χ1n) is 6.83. The van der Waals surface area contributed by atoms with E-state index in [0.717, 1.165) is 26.0 Å². The Balaban J connectivity index is 2.05. The summed E-state index contributed by atoms with van der Waals surface area (Å²) in [5.74, 6) is -8.41. The Morgan fingerprint density at radius 2 is 1.33 bits per heavy atom. The lowest BCUT2D eigenvalue weighted by Gasteiger charge is -2.23. The Morgan fingerprint density at radius 1 is 0.750 bits per heavy atom. The van der Waals surface area contributed by atoms with Gasteiger partial charge in [-0.15, -0.1) is 22.7 Å². The highest BCUT2D eigenvalue weighted by molar-refractivity contribution is 7.22. The molecule has 0 aliphatic carbocycles. The van der Waals surface area contributed by atoms with Gasteiger partial charge in [-0.05, 0) is 31.2 Å². The van der Waals surface area contributed by atoms with E-state index < -0.39 is 37.3 Å². The van der Waals surface area contributed by atoms with Gasteiger partial charge in [0.25, 0.3) is 11.8 Å². The maximum atomic E-state index is 13.8. The van der Waals surface area contributed by atoms with Crippen LogP contribution in [0.2, 0.25) is 0 Å². The van der Waals surface area contributed by atoms with Gasteiger partial charge in [-0.3, -0.25) is 0 Å². The zero-order chi connectivity index (χ0) is 18.2. The fourth-order valence-corrected chi connectivity index (χ4v) is 4.27. The third-order valence-corrected chi connectivity index (χ3v) is 5.34. The lowest BCUT2D eigenvalue weighted by Crippen LogP contribution is -2.34. The highest BCUT2D eigenvalue weighted by atomic mass is 32.1. The first-order chi connectivity index (χ1) is 10.9. The van der Waals surface area contributed by atoms with E-state index >= 15 is 0 Å². The molecule has 0 nitrogen and oxygen atoms in total. The van der Waals surface area contributed by atoms with Gasteiger partial charge in [0.15, 0.2) is 0 Å². The highest BCUT2D eigenvalue weighted by Crippen LogP contribution is 2.41. The number of thiophene rings is 2. The monoisotopic (exact) mass is 390 g/mol. The zero-order valence-corrected chi connectivity index (χ0v) is 14.0. The van der Waals surface area contributed by atoms with Crippen molar-refractivity contribution in [1.29, 1.82) is 0 Å². The van der Waals surface area contributed by atoms with Crippen molar-refractivity contribution in [3.05, 3.63) is 34.0 Å². The second-order valence-corrected chi connectivity index (χ2v) is 7.99. The van der Waals surface area contributed by atoms with Gasteiger partial charge >= 0.3 is 6.18 Å². The van der Waals surface area contributed by atoms with Gasteiger partial charge in [0.1, 0.15) is 6.42 Å². The molecular formula is C15H13F7S2. The van der Waals surface area contributed by atoms with E-state index in [1.807, 2.05) is 19.1 Å². The Bertz CT molecular complexity index is 682. The number of hydrogen-bond donors (Lipinski definition) is 0. The maximum Gasteiger partial charge on any atom is 0.394 e. The molecule has 0 spiro atoms. The normalized spacial score (nSPS) is 13.5. The minimum absolute atomic E-state index is 0.156. The van der Waals surface area contributed by atoms with Gasteiger partial charge in [0, 0.05) is 25.9 Å². The quantitative estimate of drug-likeness (QED) is 0.469. The van der Waals surface area contributed by atoms with Crippen molar-refractivity contribution < 1.29 is 30.7 Å². The van der Waals surface area contributed by atoms with Crippen LogP contribution in [-0.4, -0.2) is 18.0 Å². The van der Waals surface area contributed by atoms with Crippen molar-refractivity contribution in [3.63, 3.8) is 0 Å². The molecule has 24 heavy (non-hydrogen) atoms. The molecule has 0 fully saturated rings. The largest absolute Gasteiger partial charge is 0.394 e. The summed E-state index contributed by atoms with van der Waals surface area (Å²) in [4.78, 5) is 2.79. The molecule has 2 aromatic rings. The third-order valence-electron chi connectivity index (χ3n) is 3.05. The summed E-state index contributed by atoms with van der Waals surface area (Å²) in [5.41, 5.74) is 0. The summed E-state index contributed by atoms with van der Waals surface area (Å²) in [6, 6.07) is 6.69. The predicted octanol–water partition coefficient (Wildman–Crippen LogP) is 6.94. The summed E-state index contributed by atoms with van der Waals surface area (Å²) in [6.07, 6.45) is -10.9. The second-order valence-electron chi connectivity index (χ2n) is 5.53. The summed E-state index contributed by atoms with van der Waals surface area (Å²) >= 11 is 2.50. The van der Waals surface area contributed by atoms with Crippen LogP contribution in [0.25, 0.3) is 9.75 Å². The minimum atomic E-state index is -5.19. The van der Waals surface area contributed by atoms with Crippen LogP contribution in [0.4, 0.5) is 30.7 Å². The molecule has 2 rings (SSSR count). The van der Waals surface area contributed by atoms with E-state index in [0.29, 0.717) is 0 Å². The number of rotatable bonds is 6. The molecule has 0 N–H and O–H groups in total. The number of halogens is 7. The summed E-state index contributed by atoms with van der Waals surface area (Å²) in [6.45, 7) is 1.89. The molecule has 9 heteroatoms. The Labute approximate surface area is 141 Å². The SMILES string of the molecule is Cc1ccc(-c2ccc(CC(F)(F)CC(F)(F)CC(F)(F)F)s2)s1. The Hall–Kier alpha value is -1.09. The third kappa shape index (κ3) is 5.77. The van der Waals surface area contributed by atoms with Crippen LogP contribution in [0.3, 0.4) is 0 Å². The molecule has 134 valence electrons. The van der Waals surface area contributed by atoms with Gasteiger partial charge in [0.2, 0.25) is 0 Å². The number of alkyl halides is 7. The van der Waals surface area contributed by atoms with Gasteiger partial charge < -0.3 is 0 Å². The van der Waals surface area contributed by atoms with Gasteiger partial charge in [0.05, 0.1) is 6.42 Å². The fraction of sp³-hybridized carbons (Fsp3) is 0.467.